The topological polar surface area (TPSA) is 114 Å². The molecule has 1 aromatic carbocycles. The molecule has 1 fully saturated rings. The number of pyridine rings is 1. The summed E-state index contributed by atoms with van der Waals surface area (Å²) in [4.78, 5) is 38.7. The van der Waals surface area contributed by atoms with Crippen LogP contribution in [0, 0.1) is 23.0 Å². The molecule has 4 rings (SSSR count). The average Bonchev–Trinajstić information content (AvgIpc) is 2.80. The minimum Gasteiger partial charge on any atom is -0.356 e. The Morgan fingerprint density at radius 1 is 1.25 bits per heavy atom. The number of hydrogen-bond donors (Lipinski definition) is 1. The molecule has 1 saturated heterocycles. The first-order chi connectivity index (χ1) is 15.4. The predicted molar refractivity (Wildman–Crippen MR) is 122 cm³/mol. The summed E-state index contributed by atoms with van der Waals surface area (Å²) in [7, 11) is 0. The van der Waals surface area contributed by atoms with Crippen LogP contribution < -0.4 is 10.2 Å². The maximum absolute atomic E-state index is 12.8. The van der Waals surface area contributed by atoms with Gasteiger partial charge in [0, 0.05) is 48.7 Å². The normalized spacial score (nSPS) is 15.9. The summed E-state index contributed by atoms with van der Waals surface area (Å²) >= 11 is 5.85. The lowest BCUT2D eigenvalue weighted by Gasteiger charge is -2.33. The lowest BCUT2D eigenvalue weighted by molar-refractivity contribution is -0.384. The number of benzene rings is 1. The molecule has 1 amide bonds. The summed E-state index contributed by atoms with van der Waals surface area (Å²) in [6, 6.07) is 11.5. The highest BCUT2D eigenvalue weighted by molar-refractivity contribution is 6.30. The summed E-state index contributed by atoms with van der Waals surface area (Å²) < 4.78 is 0. The molecule has 32 heavy (non-hydrogen) atoms. The molecule has 0 spiro atoms. The van der Waals surface area contributed by atoms with Gasteiger partial charge in [0.25, 0.3) is 5.69 Å². The number of amides is 1. The van der Waals surface area contributed by atoms with E-state index >= 15 is 0 Å². The molecule has 10 heteroatoms. The second-order valence-electron chi connectivity index (χ2n) is 7.63. The van der Waals surface area contributed by atoms with E-state index in [0.717, 1.165) is 25.1 Å². The van der Waals surface area contributed by atoms with E-state index in [-0.39, 0.29) is 17.5 Å². The maximum Gasteiger partial charge on any atom is 0.270 e. The van der Waals surface area contributed by atoms with Gasteiger partial charge in [-0.3, -0.25) is 14.9 Å². The molecule has 0 bridgehead atoms. The minimum absolute atomic E-state index is 0.0142. The van der Waals surface area contributed by atoms with E-state index in [2.05, 4.69) is 25.2 Å². The van der Waals surface area contributed by atoms with E-state index in [1.165, 1.54) is 18.3 Å². The van der Waals surface area contributed by atoms with Gasteiger partial charge in [-0.05, 0) is 31.9 Å². The lowest BCUT2D eigenvalue weighted by atomic mass is 9.97. The Labute approximate surface area is 189 Å². The Balaban J connectivity index is 1.53. The molecule has 1 aliphatic rings. The third kappa shape index (κ3) is 5.00. The van der Waals surface area contributed by atoms with Gasteiger partial charge >= 0.3 is 0 Å². The van der Waals surface area contributed by atoms with Gasteiger partial charge < -0.3 is 10.2 Å². The van der Waals surface area contributed by atoms with Gasteiger partial charge in [0.2, 0.25) is 5.91 Å². The van der Waals surface area contributed by atoms with Crippen LogP contribution in [0.15, 0.2) is 48.7 Å². The molecule has 1 atom stereocenters. The van der Waals surface area contributed by atoms with Crippen LogP contribution in [0.2, 0.25) is 5.02 Å². The monoisotopic (exact) mass is 452 g/mol. The van der Waals surface area contributed by atoms with Gasteiger partial charge in [-0.2, -0.15) is 0 Å². The quantitative estimate of drug-likeness (QED) is 0.454. The highest BCUT2D eigenvalue weighted by Crippen LogP contribution is 2.27. The van der Waals surface area contributed by atoms with E-state index in [9.17, 15) is 14.9 Å². The molecule has 0 radical (unpaired) electrons. The number of nitrogens with zero attached hydrogens (tertiary/aromatic N) is 5. The van der Waals surface area contributed by atoms with Gasteiger partial charge in [0.15, 0.2) is 5.82 Å². The van der Waals surface area contributed by atoms with Crippen molar-refractivity contribution in [2.45, 2.75) is 19.8 Å². The molecule has 3 aromatic rings. The lowest BCUT2D eigenvalue weighted by Crippen LogP contribution is -2.41. The van der Waals surface area contributed by atoms with Crippen molar-refractivity contribution in [2.75, 3.05) is 23.3 Å². The Hall–Kier alpha value is -3.59. The zero-order valence-corrected chi connectivity index (χ0v) is 18.1. The number of piperidine rings is 1. The number of carbonyl (C=O) groups is 1. The summed E-state index contributed by atoms with van der Waals surface area (Å²) in [5.74, 6) is 1.25. The van der Waals surface area contributed by atoms with Crippen LogP contribution in [-0.2, 0) is 4.79 Å². The summed E-state index contributed by atoms with van der Waals surface area (Å²) in [6.45, 7) is 3.12. The smallest absolute Gasteiger partial charge is 0.270 e. The molecule has 1 unspecified atom stereocenters. The fourth-order valence-electron chi connectivity index (χ4n) is 3.68. The summed E-state index contributed by atoms with van der Waals surface area (Å²) in [5, 5.41) is 14.5. The minimum atomic E-state index is -0.441. The van der Waals surface area contributed by atoms with E-state index < -0.39 is 4.92 Å². The molecule has 1 aliphatic heterocycles. The van der Waals surface area contributed by atoms with Crippen LogP contribution in [0.4, 0.5) is 17.3 Å². The fourth-order valence-corrected chi connectivity index (χ4v) is 3.79. The number of anilines is 2. The van der Waals surface area contributed by atoms with Gasteiger partial charge in [0.05, 0.1) is 15.9 Å². The van der Waals surface area contributed by atoms with Crippen LogP contribution in [0.1, 0.15) is 18.5 Å². The zero-order valence-electron chi connectivity index (χ0n) is 17.4. The predicted octanol–water partition coefficient (Wildman–Crippen LogP) is 4.26. The van der Waals surface area contributed by atoms with Gasteiger partial charge in [-0.25, -0.2) is 15.0 Å². The first-order valence-electron chi connectivity index (χ1n) is 10.2. The first kappa shape index (κ1) is 21.6. The maximum atomic E-state index is 12.8. The standard InChI is InChI=1S/C22H21ClN6O3/c1-14-10-20(27-21(25-14)15-4-2-6-18(11-15)29(31)32)28-9-3-5-16(13-28)22(30)26-19-8-7-17(23)12-24-19/h2,4,6-8,10-12,16H,3,5,9,13H2,1H3,(H,24,26,30). The van der Waals surface area contributed by atoms with Crippen molar-refractivity contribution in [2.24, 2.45) is 5.92 Å². The molecular weight excluding hydrogens is 432 g/mol. The SMILES string of the molecule is Cc1cc(N2CCCC(C(=O)Nc3ccc(Cl)cn3)C2)nc(-c2cccc([N+](=O)[O-])c2)n1. The van der Waals surface area contributed by atoms with Crippen molar-refractivity contribution in [3.63, 3.8) is 0 Å². The van der Waals surface area contributed by atoms with Crippen molar-refractivity contribution in [1.29, 1.82) is 0 Å². The zero-order chi connectivity index (χ0) is 22.7. The Kier molecular flexibility index (Phi) is 6.27. The van der Waals surface area contributed by atoms with E-state index in [1.807, 2.05) is 13.0 Å². The van der Waals surface area contributed by atoms with E-state index in [1.54, 1.807) is 24.3 Å². The van der Waals surface area contributed by atoms with Crippen molar-refractivity contribution in [1.82, 2.24) is 15.0 Å². The van der Waals surface area contributed by atoms with Crippen LogP contribution in [0.5, 0.6) is 0 Å². The second-order valence-corrected chi connectivity index (χ2v) is 8.07. The third-order valence-corrected chi connectivity index (χ3v) is 5.47. The molecular formula is C22H21ClN6O3. The molecule has 0 saturated carbocycles. The first-order valence-corrected chi connectivity index (χ1v) is 10.5. The van der Waals surface area contributed by atoms with Crippen molar-refractivity contribution < 1.29 is 9.72 Å². The van der Waals surface area contributed by atoms with Crippen LogP contribution >= 0.6 is 11.6 Å². The Morgan fingerprint density at radius 3 is 2.84 bits per heavy atom. The van der Waals surface area contributed by atoms with E-state index in [0.29, 0.717) is 34.6 Å². The molecule has 0 aliphatic carbocycles. The number of carbonyl (C=O) groups excluding carboxylic acids is 1. The largest absolute Gasteiger partial charge is 0.356 e. The average molecular weight is 453 g/mol. The molecule has 2 aromatic heterocycles. The number of nitro groups is 1. The number of aromatic nitrogens is 3. The van der Waals surface area contributed by atoms with Crippen LogP contribution in [-0.4, -0.2) is 38.9 Å². The number of halogens is 1. The summed E-state index contributed by atoms with van der Waals surface area (Å²) in [5.41, 5.74) is 1.30. The number of nitrogens with one attached hydrogen (secondary N) is 1. The third-order valence-electron chi connectivity index (χ3n) is 5.25. The van der Waals surface area contributed by atoms with Crippen molar-refractivity contribution >= 4 is 34.8 Å². The molecule has 3 heterocycles. The molecule has 1 N–H and O–H groups in total. The van der Waals surface area contributed by atoms with Crippen molar-refractivity contribution in [3.05, 3.63) is 69.5 Å². The van der Waals surface area contributed by atoms with Crippen molar-refractivity contribution in [3.8, 4) is 11.4 Å². The summed E-state index contributed by atoms with van der Waals surface area (Å²) in [6.07, 6.45) is 3.09. The number of rotatable bonds is 5. The Bertz CT molecular complexity index is 1150. The highest BCUT2D eigenvalue weighted by atomic mass is 35.5. The highest BCUT2D eigenvalue weighted by Gasteiger charge is 2.27. The fraction of sp³-hybridized carbons (Fsp3) is 0.273. The van der Waals surface area contributed by atoms with Gasteiger partial charge in [0.1, 0.15) is 11.6 Å². The number of aryl methyl sites for hydroxylation is 1. The number of hydrogen-bond acceptors (Lipinski definition) is 7. The molecule has 164 valence electrons. The van der Waals surface area contributed by atoms with Gasteiger partial charge in [-0.1, -0.05) is 23.7 Å². The van der Waals surface area contributed by atoms with E-state index in [4.69, 9.17) is 11.6 Å². The second kappa shape index (κ2) is 9.27. The van der Waals surface area contributed by atoms with Crippen LogP contribution in [0.25, 0.3) is 11.4 Å². The Morgan fingerprint density at radius 2 is 2.09 bits per heavy atom. The molecule has 9 nitrogen and oxygen atoms in total. The van der Waals surface area contributed by atoms with Crippen LogP contribution in [0.3, 0.4) is 0 Å². The van der Waals surface area contributed by atoms with Gasteiger partial charge in [-0.15, -0.1) is 0 Å². The number of nitro benzene ring substituents is 1. The number of non-ortho nitro benzene ring substituents is 1.